The minimum Gasteiger partial charge on any atom is -0.496 e. The zero-order valence-corrected chi connectivity index (χ0v) is 14.6. The molecule has 0 atom stereocenters. The molecule has 0 aliphatic carbocycles. The van der Waals surface area contributed by atoms with E-state index in [9.17, 15) is 14.7 Å². The van der Waals surface area contributed by atoms with Crippen molar-refractivity contribution in [3.8, 4) is 11.5 Å². The summed E-state index contributed by atoms with van der Waals surface area (Å²) in [6.07, 6.45) is 0. The van der Waals surface area contributed by atoms with Crippen LogP contribution in [0.25, 0.3) is 0 Å². The number of hydrogen-bond acceptors (Lipinski definition) is 4. The molecule has 1 amide bonds. The molecule has 0 aromatic heterocycles. The summed E-state index contributed by atoms with van der Waals surface area (Å²) in [7, 11) is 2.89. The molecule has 6 nitrogen and oxygen atoms in total. The first-order valence-electron chi connectivity index (χ1n) is 6.53. The third kappa shape index (κ3) is 3.55. The number of amides is 1. The largest absolute Gasteiger partial charge is 0.496 e. The maximum Gasteiger partial charge on any atom is 0.337 e. The second-order valence-corrected chi connectivity index (χ2v) is 5.62. The van der Waals surface area contributed by atoms with Crippen LogP contribution in [0.15, 0.2) is 36.4 Å². The molecule has 2 N–H and O–H groups in total. The summed E-state index contributed by atoms with van der Waals surface area (Å²) in [5.74, 6) is -0.953. The summed E-state index contributed by atoms with van der Waals surface area (Å²) in [6.45, 7) is 0. The Morgan fingerprint density at radius 1 is 1.04 bits per heavy atom. The highest BCUT2D eigenvalue weighted by Gasteiger charge is 2.21. The van der Waals surface area contributed by atoms with E-state index in [1.54, 1.807) is 30.3 Å². The third-order valence-corrected chi connectivity index (χ3v) is 4.04. The number of aromatic carboxylic acids is 1. The monoisotopic (exact) mass is 427 g/mol. The van der Waals surface area contributed by atoms with E-state index >= 15 is 0 Å². The van der Waals surface area contributed by atoms with Crippen molar-refractivity contribution < 1.29 is 24.2 Å². The van der Waals surface area contributed by atoms with Crippen LogP contribution in [0.2, 0.25) is 0 Å². The maximum atomic E-state index is 12.6. The predicted octanol–water partition coefficient (Wildman–Crippen LogP) is 3.26. The van der Waals surface area contributed by atoms with E-state index in [1.807, 2.05) is 22.6 Å². The van der Waals surface area contributed by atoms with Gasteiger partial charge in [-0.25, -0.2) is 4.79 Å². The van der Waals surface area contributed by atoms with Crippen LogP contribution < -0.4 is 14.8 Å². The fraction of sp³-hybridized carbons (Fsp3) is 0.125. The summed E-state index contributed by atoms with van der Waals surface area (Å²) in [5, 5.41) is 11.9. The Kier molecular flexibility index (Phi) is 5.43. The van der Waals surface area contributed by atoms with Crippen molar-refractivity contribution in [1.29, 1.82) is 0 Å². The van der Waals surface area contributed by atoms with Gasteiger partial charge in [-0.1, -0.05) is 12.1 Å². The lowest BCUT2D eigenvalue weighted by atomic mass is 10.1. The second-order valence-electron chi connectivity index (χ2n) is 4.46. The molecule has 0 radical (unpaired) electrons. The standard InChI is InChI=1S/C16H14INO5/c1-22-11-7-4-8-12(23-2)13(11)15(19)18-14-9(16(20)21)5-3-6-10(14)17/h3-8H,1-2H3,(H,18,19)(H,20,21). The molecule has 2 rings (SSSR count). The Bertz CT molecular complexity index is 738. The molecule has 2 aromatic carbocycles. The summed E-state index contributed by atoms with van der Waals surface area (Å²) in [5.41, 5.74) is 0.450. The van der Waals surface area contributed by atoms with Gasteiger partial charge in [-0.05, 0) is 46.9 Å². The van der Waals surface area contributed by atoms with E-state index < -0.39 is 11.9 Å². The summed E-state index contributed by atoms with van der Waals surface area (Å²) in [4.78, 5) is 24.0. The molecule has 0 aliphatic heterocycles. The van der Waals surface area contributed by atoms with Crippen molar-refractivity contribution in [2.45, 2.75) is 0 Å². The molecule has 23 heavy (non-hydrogen) atoms. The molecule has 0 aliphatic rings. The molecule has 0 bridgehead atoms. The Labute approximate surface area is 146 Å². The molecule has 7 heteroatoms. The SMILES string of the molecule is COc1cccc(OC)c1C(=O)Nc1c(I)cccc1C(=O)O. The van der Waals surface area contributed by atoms with Crippen molar-refractivity contribution in [2.24, 2.45) is 0 Å². The number of halogens is 1. The normalized spacial score (nSPS) is 10.0. The highest BCUT2D eigenvalue weighted by atomic mass is 127. The number of para-hydroxylation sites is 1. The van der Waals surface area contributed by atoms with E-state index in [2.05, 4.69) is 5.32 Å². The van der Waals surface area contributed by atoms with Gasteiger partial charge in [0.15, 0.2) is 0 Å². The summed E-state index contributed by atoms with van der Waals surface area (Å²) >= 11 is 1.97. The minimum atomic E-state index is -1.12. The molecule has 2 aromatic rings. The Morgan fingerprint density at radius 3 is 2.13 bits per heavy atom. The molecule has 0 heterocycles. The highest BCUT2D eigenvalue weighted by Crippen LogP contribution is 2.30. The number of methoxy groups -OCH3 is 2. The van der Waals surface area contributed by atoms with Gasteiger partial charge in [0.2, 0.25) is 0 Å². The van der Waals surface area contributed by atoms with E-state index in [0.29, 0.717) is 15.1 Å². The van der Waals surface area contributed by atoms with Gasteiger partial charge in [0.25, 0.3) is 5.91 Å². The Hall–Kier alpha value is -2.29. The van der Waals surface area contributed by atoms with Crippen molar-refractivity contribution in [3.63, 3.8) is 0 Å². The van der Waals surface area contributed by atoms with Gasteiger partial charge >= 0.3 is 5.97 Å². The first kappa shape index (κ1) is 17.1. The van der Waals surface area contributed by atoms with E-state index in [4.69, 9.17) is 9.47 Å². The minimum absolute atomic E-state index is 0.0131. The smallest absolute Gasteiger partial charge is 0.337 e. The summed E-state index contributed by atoms with van der Waals surface area (Å²) < 4.78 is 11.0. The maximum absolute atomic E-state index is 12.6. The van der Waals surface area contributed by atoms with Gasteiger partial charge in [-0.15, -0.1) is 0 Å². The average molecular weight is 427 g/mol. The molecular weight excluding hydrogens is 413 g/mol. The lowest BCUT2D eigenvalue weighted by molar-refractivity contribution is 0.0698. The molecular formula is C16H14INO5. The predicted molar refractivity (Wildman–Crippen MR) is 93.6 cm³/mol. The molecule has 0 fully saturated rings. The average Bonchev–Trinajstić information content (AvgIpc) is 2.55. The van der Waals surface area contributed by atoms with Crippen molar-refractivity contribution >= 4 is 40.2 Å². The first-order valence-corrected chi connectivity index (χ1v) is 7.61. The lowest BCUT2D eigenvalue weighted by Crippen LogP contribution is -2.17. The number of carbonyl (C=O) groups is 2. The number of nitrogens with one attached hydrogen (secondary N) is 1. The fourth-order valence-electron chi connectivity index (χ4n) is 2.08. The molecule has 0 spiro atoms. The van der Waals surface area contributed by atoms with Gasteiger partial charge in [-0.3, -0.25) is 4.79 Å². The van der Waals surface area contributed by atoms with Crippen LogP contribution in [0.3, 0.4) is 0 Å². The number of rotatable bonds is 5. The number of benzene rings is 2. The zero-order chi connectivity index (χ0) is 17.0. The topological polar surface area (TPSA) is 84.9 Å². The van der Waals surface area contributed by atoms with Crippen LogP contribution >= 0.6 is 22.6 Å². The van der Waals surface area contributed by atoms with Gasteiger partial charge in [0.1, 0.15) is 17.1 Å². The Balaban J connectivity index is 2.47. The first-order chi connectivity index (χ1) is 11.0. The third-order valence-electron chi connectivity index (χ3n) is 3.14. The number of ether oxygens (including phenoxy) is 2. The van der Waals surface area contributed by atoms with Crippen LogP contribution in [0, 0.1) is 3.57 Å². The number of carboxylic acid groups (broad SMARTS) is 1. The van der Waals surface area contributed by atoms with Crippen molar-refractivity contribution in [3.05, 3.63) is 51.1 Å². The molecule has 0 unspecified atom stereocenters. The number of carboxylic acids is 1. The molecule has 0 saturated heterocycles. The van der Waals surface area contributed by atoms with Crippen LogP contribution in [-0.4, -0.2) is 31.2 Å². The van der Waals surface area contributed by atoms with Gasteiger partial charge < -0.3 is 19.9 Å². The van der Waals surface area contributed by atoms with Crippen molar-refractivity contribution in [1.82, 2.24) is 0 Å². The number of carbonyl (C=O) groups excluding carboxylic acids is 1. The lowest BCUT2D eigenvalue weighted by Gasteiger charge is -2.15. The van der Waals surface area contributed by atoms with Crippen LogP contribution in [0.1, 0.15) is 20.7 Å². The van der Waals surface area contributed by atoms with Gasteiger partial charge in [0, 0.05) is 3.57 Å². The highest BCUT2D eigenvalue weighted by molar-refractivity contribution is 14.1. The number of hydrogen-bond donors (Lipinski definition) is 2. The zero-order valence-electron chi connectivity index (χ0n) is 12.4. The summed E-state index contributed by atoms with van der Waals surface area (Å²) in [6, 6.07) is 9.71. The Morgan fingerprint density at radius 2 is 1.61 bits per heavy atom. The van der Waals surface area contributed by atoms with Gasteiger partial charge in [0.05, 0.1) is 25.5 Å². The van der Waals surface area contributed by atoms with Crippen molar-refractivity contribution in [2.75, 3.05) is 19.5 Å². The van der Waals surface area contributed by atoms with E-state index in [1.165, 1.54) is 20.3 Å². The van der Waals surface area contributed by atoms with E-state index in [-0.39, 0.29) is 16.8 Å². The van der Waals surface area contributed by atoms with Crippen LogP contribution in [0.4, 0.5) is 5.69 Å². The quantitative estimate of drug-likeness (QED) is 0.716. The number of anilines is 1. The van der Waals surface area contributed by atoms with Crippen LogP contribution in [0.5, 0.6) is 11.5 Å². The van der Waals surface area contributed by atoms with E-state index in [0.717, 1.165) is 0 Å². The van der Waals surface area contributed by atoms with Gasteiger partial charge in [-0.2, -0.15) is 0 Å². The molecule has 120 valence electrons. The molecule has 0 saturated carbocycles. The fourth-order valence-corrected chi connectivity index (χ4v) is 2.71. The second kappa shape index (κ2) is 7.32. The van der Waals surface area contributed by atoms with Crippen LogP contribution in [-0.2, 0) is 0 Å².